The van der Waals surface area contributed by atoms with Crippen LogP contribution in [0.4, 0.5) is 8.78 Å². The number of methoxy groups -OCH3 is 1. The molecule has 0 aromatic heterocycles. The lowest BCUT2D eigenvalue weighted by molar-refractivity contribution is -0.136. The molecule has 1 aromatic carbocycles. The minimum absolute atomic E-state index is 0.0512. The second-order valence-corrected chi connectivity index (χ2v) is 3.27. The fraction of sp³-hybridized carbons (Fsp3) is 0.364. The number of carbonyl (C=O) groups is 1. The van der Waals surface area contributed by atoms with Gasteiger partial charge >= 0.3 is 5.97 Å². The number of aryl methyl sites for hydroxylation is 1. The minimum atomic E-state index is -2.55. The Bertz CT molecular complexity index is 377. The molecule has 0 aliphatic carbocycles. The molecule has 0 atom stereocenters. The van der Waals surface area contributed by atoms with Crippen LogP contribution < -0.4 is 4.74 Å². The van der Waals surface area contributed by atoms with Crippen LogP contribution in [0.1, 0.15) is 24.0 Å². The minimum Gasteiger partial charge on any atom is -0.496 e. The van der Waals surface area contributed by atoms with Gasteiger partial charge in [0.1, 0.15) is 5.75 Å². The standard InChI is InChI=1S/C11H12F2O3/c1-16-9-6-8(11(12)13)3-2-7(9)4-5-10(14)15/h2-3,6,11H,4-5H2,1H3,(H,14,15). The molecule has 1 aromatic rings. The molecule has 1 N–H and O–H groups in total. The molecular formula is C11H12F2O3. The van der Waals surface area contributed by atoms with E-state index in [-0.39, 0.29) is 18.4 Å². The van der Waals surface area contributed by atoms with Crippen molar-refractivity contribution in [3.8, 4) is 5.75 Å². The molecule has 0 aliphatic heterocycles. The molecule has 0 fully saturated rings. The molecule has 88 valence electrons. The Morgan fingerprint density at radius 3 is 2.69 bits per heavy atom. The summed E-state index contributed by atoms with van der Waals surface area (Å²) in [7, 11) is 1.37. The zero-order valence-electron chi connectivity index (χ0n) is 8.74. The maximum absolute atomic E-state index is 12.4. The largest absolute Gasteiger partial charge is 0.496 e. The smallest absolute Gasteiger partial charge is 0.303 e. The van der Waals surface area contributed by atoms with Crippen LogP contribution in [0, 0.1) is 0 Å². The number of benzene rings is 1. The zero-order valence-corrected chi connectivity index (χ0v) is 8.74. The van der Waals surface area contributed by atoms with E-state index in [0.717, 1.165) is 0 Å². The Hall–Kier alpha value is -1.65. The Morgan fingerprint density at radius 1 is 1.50 bits per heavy atom. The van der Waals surface area contributed by atoms with E-state index in [4.69, 9.17) is 9.84 Å². The van der Waals surface area contributed by atoms with Gasteiger partial charge in [-0.25, -0.2) is 8.78 Å². The van der Waals surface area contributed by atoms with Crippen LogP contribution in [0.3, 0.4) is 0 Å². The lowest BCUT2D eigenvalue weighted by Gasteiger charge is -2.09. The number of alkyl halides is 2. The predicted molar refractivity (Wildman–Crippen MR) is 53.9 cm³/mol. The van der Waals surface area contributed by atoms with Crippen molar-refractivity contribution in [3.63, 3.8) is 0 Å². The van der Waals surface area contributed by atoms with Gasteiger partial charge in [-0.05, 0) is 18.1 Å². The molecule has 0 spiro atoms. The highest BCUT2D eigenvalue weighted by atomic mass is 19.3. The van der Waals surface area contributed by atoms with Crippen molar-refractivity contribution in [1.82, 2.24) is 0 Å². The van der Waals surface area contributed by atoms with Gasteiger partial charge in [0, 0.05) is 12.0 Å². The Kier molecular flexibility index (Phi) is 4.22. The summed E-state index contributed by atoms with van der Waals surface area (Å²) in [4.78, 5) is 10.4. The van der Waals surface area contributed by atoms with Crippen molar-refractivity contribution in [1.29, 1.82) is 0 Å². The number of hydrogen-bond acceptors (Lipinski definition) is 2. The van der Waals surface area contributed by atoms with Gasteiger partial charge < -0.3 is 9.84 Å². The van der Waals surface area contributed by atoms with Gasteiger partial charge in [-0.1, -0.05) is 12.1 Å². The third kappa shape index (κ3) is 3.18. The van der Waals surface area contributed by atoms with Crippen molar-refractivity contribution >= 4 is 5.97 Å². The quantitative estimate of drug-likeness (QED) is 0.845. The number of ether oxygens (including phenoxy) is 1. The monoisotopic (exact) mass is 230 g/mol. The second-order valence-electron chi connectivity index (χ2n) is 3.27. The highest BCUT2D eigenvalue weighted by Crippen LogP contribution is 2.27. The summed E-state index contributed by atoms with van der Waals surface area (Å²) in [5.74, 6) is -0.626. The summed E-state index contributed by atoms with van der Waals surface area (Å²) in [5.41, 5.74) is 0.491. The molecule has 1 rings (SSSR count). The summed E-state index contributed by atoms with van der Waals surface area (Å²) in [6.07, 6.45) is -2.34. The molecule has 0 unspecified atom stereocenters. The molecule has 5 heteroatoms. The molecule has 0 amide bonds. The molecule has 0 heterocycles. The SMILES string of the molecule is COc1cc(C(F)F)ccc1CCC(=O)O. The van der Waals surface area contributed by atoms with Crippen LogP contribution in [0.25, 0.3) is 0 Å². The van der Waals surface area contributed by atoms with E-state index in [1.165, 1.54) is 25.3 Å². The highest BCUT2D eigenvalue weighted by Gasteiger charge is 2.11. The van der Waals surface area contributed by atoms with Crippen molar-refractivity contribution in [2.45, 2.75) is 19.3 Å². The van der Waals surface area contributed by atoms with E-state index in [9.17, 15) is 13.6 Å². The Morgan fingerprint density at radius 2 is 2.19 bits per heavy atom. The Balaban J connectivity index is 2.88. The molecule has 3 nitrogen and oxygen atoms in total. The summed E-state index contributed by atoms with van der Waals surface area (Å²) < 4.78 is 29.7. The first-order valence-electron chi connectivity index (χ1n) is 4.71. The van der Waals surface area contributed by atoms with E-state index in [0.29, 0.717) is 11.3 Å². The van der Waals surface area contributed by atoms with Crippen molar-refractivity contribution in [3.05, 3.63) is 29.3 Å². The predicted octanol–water partition coefficient (Wildman–Crippen LogP) is 2.65. The van der Waals surface area contributed by atoms with E-state index >= 15 is 0 Å². The zero-order chi connectivity index (χ0) is 12.1. The van der Waals surface area contributed by atoms with Crippen LogP contribution in [0.2, 0.25) is 0 Å². The highest BCUT2D eigenvalue weighted by molar-refractivity contribution is 5.67. The molecule has 0 saturated heterocycles. The van der Waals surface area contributed by atoms with Crippen LogP contribution in [-0.4, -0.2) is 18.2 Å². The first kappa shape index (κ1) is 12.4. The summed E-state index contributed by atoms with van der Waals surface area (Å²) in [5, 5.41) is 8.52. The maximum atomic E-state index is 12.4. The van der Waals surface area contributed by atoms with Crippen molar-refractivity contribution in [2.24, 2.45) is 0 Å². The third-order valence-electron chi connectivity index (χ3n) is 2.17. The number of hydrogen-bond donors (Lipinski definition) is 1. The van der Waals surface area contributed by atoms with Crippen LogP contribution in [0.5, 0.6) is 5.75 Å². The fourth-order valence-corrected chi connectivity index (χ4v) is 1.35. The van der Waals surface area contributed by atoms with Gasteiger partial charge in [0.05, 0.1) is 7.11 Å². The van der Waals surface area contributed by atoms with E-state index in [2.05, 4.69) is 0 Å². The summed E-state index contributed by atoms with van der Waals surface area (Å²) in [6, 6.07) is 4.00. The maximum Gasteiger partial charge on any atom is 0.303 e. The summed E-state index contributed by atoms with van der Waals surface area (Å²) >= 11 is 0. The van der Waals surface area contributed by atoms with Crippen LogP contribution in [-0.2, 0) is 11.2 Å². The van der Waals surface area contributed by atoms with Gasteiger partial charge in [-0.3, -0.25) is 4.79 Å². The van der Waals surface area contributed by atoms with E-state index in [1.807, 2.05) is 0 Å². The lowest BCUT2D eigenvalue weighted by Crippen LogP contribution is -2.00. The first-order chi connectivity index (χ1) is 7.54. The topological polar surface area (TPSA) is 46.5 Å². The van der Waals surface area contributed by atoms with Gasteiger partial charge in [0.15, 0.2) is 0 Å². The molecule has 16 heavy (non-hydrogen) atoms. The average molecular weight is 230 g/mol. The van der Waals surface area contributed by atoms with Crippen molar-refractivity contribution in [2.75, 3.05) is 7.11 Å². The average Bonchev–Trinajstić information content (AvgIpc) is 2.25. The molecule has 0 saturated carbocycles. The Labute approximate surface area is 91.7 Å². The number of carboxylic acids is 1. The molecule has 0 radical (unpaired) electrons. The van der Waals surface area contributed by atoms with Gasteiger partial charge in [0.25, 0.3) is 6.43 Å². The fourth-order valence-electron chi connectivity index (χ4n) is 1.35. The van der Waals surface area contributed by atoms with Crippen LogP contribution in [0.15, 0.2) is 18.2 Å². The first-order valence-corrected chi connectivity index (χ1v) is 4.71. The number of aliphatic carboxylic acids is 1. The van der Waals surface area contributed by atoms with Gasteiger partial charge in [0.2, 0.25) is 0 Å². The van der Waals surface area contributed by atoms with E-state index < -0.39 is 12.4 Å². The number of rotatable bonds is 5. The second kappa shape index (κ2) is 5.44. The number of carboxylic acid groups (broad SMARTS) is 1. The van der Waals surface area contributed by atoms with E-state index in [1.54, 1.807) is 0 Å². The number of halogens is 2. The molecule has 0 bridgehead atoms. The van der Waals surface area contributed by atoms with Gasteiger partial charge in [-0.15, -0.1) is 0 Å². The third-order valence-corrected chi connectivity index (χ3v) is 2.17. The van der Waals surface area contributed by atoms with Gasteiger partial charge in [-0.2, -0.15) is 0 Å². The summed E-state index contributed by atoms with van der Waals surface area (Å²) in [6.45, 7) is 0. The molecular weight excluding hydrogens is 218 g/mol. The van der Waals surface area contributed by atoms with Crippen molar-refractivity contribution < 1.29 is 23.4 Å². The lowest BCUT2D eigenvalue weighted by atomic mass is 10.1. The molecule has 0 aliphatic rings. The normalized spacial score (nSPS) is 10.5. The van der Waals surface area contributed by atoms with Crippen LogP contribution >= 0.6 is 0 Å².